The van der Waals surface area contributed by atoms with E-state index >= 15 is 0 Å². The van der Waals surface area contributed by atoms with Gasteiger partial charge in [-0.2, -0.15) is 0 Å². The van der Waals surface area contributed by atoms with Crippen molar-refractivity contribution < 1.29 is 9.31 Å². The lowest BCUT2D eigenvalue weighted by Crippen LogP contribution is -2.12. The van der Waals surface area contributed by atoms with Gasteiger partial charge in [0.2, 0.25) is 0 Å². The largest absolute Gasteiger partial charge is 0.313 e. The monoisotopic (exact) mass is 306 g/mol. The van der Waals surface area contributed by atoms with Crippen LogP contribution in [0.1, 0.15) is 12.5 Å². The van der Waals surface area contributed by atoms with Gasteiger partial charge < -0.3 is 5.32 Å². The summed E-state index contributed by atoms with van der Waals surface area (Å²) >= 11 is 1.09. The van der Waals surface area contributed by atoms with Crippen LogP contribution in [0, 0.1) is 15.9 Å². The van der Waals surface area contributed by atoms with Crippen molar-refractivity contribution in [3.8, 4) is 0 Å². The smallest absolute Gasteiger partial charge is 0.283 e. The predicted octanol–water partition coefficient (Wildman–Crippen LogP) is 3.99. The number of hydrogen-bond acceptors (Lipinski definition) is 4. The lowest BCUT2D eigenvalue weighted by molar-refractivity contribution is -0.387. The summed E-state index contributed by atoms with van der Waals surface area (Å²) in [7, 11) is 0. The number of nitro groups is 1. The molecule has 4 nitrogen and oxygen atoms in total. The normalized spacial score (nSPS) is 10.6. The Kier molecular flexibility index (Phi) is 5.30. The number of hydrogen-bond donors (Lipinski definition) is 1. The predicted molar refractivity (Wildman–Crippen MR) is 81.0 cm³/mol. The maximum atomic E-state index is 14.1. The van der Waals surface area contributed by atoms with Gasteiger partial charge in [0.05, 0.1) is 14.7 Å². The Labute approximate surface area is 126 Å². The second-order valence-corrected chi connectivity index (χ2v) is 5.39. The Hall–Kier alpha value is -1.92. The molecule has 0 aromatic heterocycles. The van der Waals surface area contributed by atoms with Gasteiger partial charge in [0, 0.05) is 12.6 Å². The zero-order valence-corrected chi connectivity index (χ0v) is 12.3. The Morgan fingerprint density at radius 3 is 2.71 bits per heavy atom. The third-order valence-corrected chi connectivity index (χ3v) is 4.11. The van der Waals surface area contributed by atoms with Gasteiger partial charge in [-0.25, -0.2) is 4.39 Å². The van der Waals surface area contributed by atoms with Crippen LogP contribution in [-0.2, 0) is 6.54 Å². The summed E-state index contributed by atoms with van der Waals surface area (Å²) in [5.41, 5.74) is 0.778. The summed E-state index contributed by atoms with van der Waals surface area (Å²) in [4.78, 5) is 11.4. The first-order chi connectivity index (χ1) is 10.1. The first-order valence-corrected chi connectivity index (χ1v) is 7.34. The molecule has 2 rings (SSSR count). The zero-order chi connectivity index (χ0) is 15.2. The van der Waals surface area contributed by atoms with Gasteiger partial charge in [0.15, 0.2) is 0 Å². The van der Waals surface area contributed by atoms with Crippen LogP contribution in [0.25, 0.3) is 0 Å². The third kappa shape index (κ3) is 3.80. The highest BCUT2D eigenvalue weighted by atomic mass is 32.2. The maximum Gasteiger partial charge on any atom is 0.283 e. The Balaban J connectivity index is 2.37. The molecule has 0 saturated carbocycles. The van der Waals surface area contributed by atoms with Crippen molar-refractivity contribution >= 4 is 17.4 Å². The SMILES string of the molecule is CCNCc1cccc(F)c1Sc1ccccc1[N+](=O)[O-]. The van der Waals surface area contributed by atoms with Gasteiger partial charge in [-0.1, -0.05) is 43.0 Å². The second-order valence-electron chi connectivity index (χ2n) is 4.34. The molecule has 0 atom stereocenters. The minimum absolute atomic E-state index is 0.0137. The van der Waals surface area contributed by atoms with E-state index < -0.39 is 4.92 Å². The number of halogens is 1. The number of nitrogens with zero attached hydrogens (tertiary/aromatic N) is 1. The van der Waals surface area contributed by atoms with E-state index in [0.29, 0.717) is 16.3 Å². The lowest BCUT2D eigenvalue weighted by Gasteiger charge is -2.10. The molecule has 0 fully saturated rings. The lowest BCUT2D eigenvalue weighted by atomic mass is 10.2. The van der Waals surface area contributed by atoms with E-state index in [1.807, 2.05) is 13.0 Å². The molecule has 21 heavy (non-hydrogen) atoms. The minimum atomic E-state index is -0.451. The average molecular weight is 306 g/mol. The summed E-state index contributed by atoms with van der Waals surface area (Å²) in [5, 5.41) is 14.2. The van der Waals surface area contributed by atoms with Crippen molar-refractivity contribution in [2.75, 3.05) is 6.54 Å². The Morgan fingerprint density at radius 1 is 1.24 bits per heavy atom. The number of nitrogens with one attached hydrogen (secondary N) is 1. The molecule has 110 valence electrons. The molecule has 2 aromatic carbocycles. The topological polar surface area (TPSA) is 55.2 Å². The van der Waals surface area contributed by atoms with Crippen molar-refractivity contribution in [1.82, 2.24) is 5.32 Å². The molecule has 0 spiro atoms. The van der Waals surface area contributed by atoms with Gasteiger partial charge in [-0.05, 0) is 24.2 Å². The van der Waals surface area contributed by atoms with Gasteiger partial charge in [-0.15, -0.1) is 0 Å². The van der Waals surface area contributed by atoms with Crippen LogP contribution in [0.4, 0.5) is 10.1 Å². The minimum Gasteiger partial charge on any atom is -0.313 e. The second kappa shape index (κ2) is 7.19. The molecule has 0 bridgehead atoms. The first kappa shape index (κ1) is 15.5. The highest BCUT2D eigenvalue weighted by molar-refractivity contribution is 7.99. The molecule has 1 N–H and O–H groups in total. The van der Waals surface area contributed by atoms with E-state index in [4.69, 9.17) is 0 Å². The molecule has 0 unspecified atom stereocenters. The van der Waals surface area contributed by atoms with E-state index in [1.165, 1.54) is 12.1 Å². The first-order valence-electron chi connectivity index (χ1n) is 6.53. The zero-order valence-electron chi connectivity index (χ0n) is 11.5. The molecule has 0 aliphatic rings. The number of nitro benzene ring substituents is 1. The average Bonchev–Trinajstić information content (AvgIpc) is 2.48. The molecule has 6 heteroatoms. The summed E-state index contributed by atoms with van der Waals surface area (Å²) in [6, 6.07) is 11.2. The van der Waals surface area contributed by atoms with Gasteiger partial charge in [-0.3, -0.25) is 10.1 Å². The maximum absolute atomic E-state index is 14.1. The standard InChI is InChI=1S/C15H15FN2O2S/c1-2-17-10-11-6-5-7-12(16)15(11)21-14-9-4-3-8-13(14)18(19)20/h3-9,17H,2,10H2,1H3. The van der Waals surface area contributed by atoms with Crippen LogP contribution < -0.4 is 5.32 Å². The van der Waals surface area contributed by atoms with Crippen molar-refractivity contribution in [2.24, 2.45) is 0 Å². The fourth-order valence-electron chi connectivity index (χ4n) is 1.87. The van der Waals surface area contributed by atoms with Crippen LogP contribution in [0.15, 0.2) is 52.3 Å². The van der Waals surface area contributed by atoms with Crippen LogP contribution >= 0.6 is 11.8 Å². The van der Waals surface area contributed by atoms with E-state index in [2.05, 4.69) is 5.32 Å². The van der Waals surface area contributed by atoms with E-state index in [9.17, 15) is 14.5 Å². The molecule has 0 aliphatic carbocycles. The van der Waals surface area contributed by atoms with Crippen molar-refractivity contribution in [3.05, 3.63) is 64.0 Å². The van der Waals surface area contributed by atoms with Crippen LogP contribution in [0.3, 0.4) is 0 Å². The summed E-state index contributed by atoms with van der Waals surface area (Å²) in [5.74, 6) is -0.367. The van der Waals surface area contributed by atoms with E-state index in [1.54, 1.807) is 24.3 Å². The summed E-state index contributed by atoms with van der Waals surface area (Å²) in [6.07, 6.45) is 0. The van der Waals surface area contributed by atoms with Crippen LogP contribution in [-0.4, -0.2) is 11.5 Å². The number of para-hydroxylation sites is 1. The molecule has 0 saturated heterocycles. The van der Waals surface area contributed by atoms with Gasteiger partial charge >= 0.3 is 0 Å². The van der Waals surface area contributed by atoms with E-state index in [0.717, 1.165) is 23.9 Å². The molecule has 2 aromatic rings. The quantitative estimate of drug-likeness (QED) is 0.647. The van der Waals surface area contributed by atoms with E-state index in [-0.39, 0.29) is 11.5 Å². The van der Waals surface area contributed by atoms with Crippen molar-refractivity contribution in [2.45, 2.75) is 23.3 Å². The number of benzene rings is 2. The molecule has 0 heterocycles. The van der Waals surface area contributed by atoms with Crippen LogP contribution in [0.5, 0.6) is 0 Å². The van der Waals surface area contributed by atoms with Crippen molar-refractivity contribution in [1.29, 1.82) is 0 Å². The Bertz CT molecular complexity index is 649. The highest BCUT2D eigenvalue weighted by Gasteiger charge is 2.17. The molecule has 0 radical (unpaired) electrons. The van der Waals surface area contributed by atoms with Gasteiger partial charge in [0.25, 0.3) is 5.69 Å². The fraction of sp³-hybridized carbons (Fsp3) is 0.200. The summed E-state index contributed by atoms with van der Waals surface area (Å²) < 4.78 is 14.1. The third-order valence-electron chi connectivity index (χ3n) is 2.89. The fourth-order valence-corrected chi connectivity index (χ4v) is 2.92. The molecular formula is C15H15FN2O2S. The summed E-state index contributed by atoms with van der Waals surface area (Å²) in [6.45, 7) is 3.26. The number of rotatable bonds is 6. The Morgan fingerprint density at radius 2 is 2.00 bits per heavy atom. The molecule has 0 amide bonds. The van der Waals surface area contributed by atoms with Crippen LogP contribution in [0.2, 0.25) is 0 Å². The molecule has 0 aliphatic heterocycles. The van der Waals surface area contributed by atoms with Crippen molar-refractivity contribution in [3.63, 3.8) is 0 Å². The van der Waals surface area contributed by atoms with Gasteiger partial charge in [0.1, 0.15) is 5.82 Å². The highest BCUT2D eigenvalue weighted by Crippen LogP contribution is 2.37. The molecular weight excluding hydrogens is 291 g/mol.